The first-order valence-electron chi connectivity index (χ1n) is 6.80. The van der Waals surface area contributed by atoms with Gasteiger partial charge in [-0.3, -0.25) is 0 Å². The summed E-state index contributed by atoms with van der Waals surface area (Å²) in [5, 5.41) is 19.4. The molecule has 114 valence electrons. The summed E-state index contributed by atoms with van der Waals surface area (Å²) in [5.74, 6) is 0. The third-order valence-corrected chi connectivity index (χ3v) is 3.48. The molecule has 1 atom stereocenters. The first-order valence-corrected chi connectivity index (χ1v) is 7.74. The lowest BCUT2D eigenvalue weighted by molar-refractivity contribution is 0.0596. The van der Waals surface area contributed by atoms with Gasteiger partial charge in [-0.15, -0.1) is 0 Å². The summed E-state index contributed by atoms with van der Waals surface area (Å²) < 4.78 is 5.38. The lowest BCUT2D eigenvalue weighted by Gasteiger charge is -2.22. The smallest absolute Gasteiger partial charge is 0.314 e. The van der Waals surface area contributed by atoms with E-state index >= 15 is 0 Å². The molecule has 0 saturated carbocycles. The monoisotopic (exact) mass is 300 g/mol. The van der Waals surface area contributed by atoms with Crippen LogP contribution in [0.15, 0.2) is 16.8 Å². The lowest BCUT2D eigenvalue weighted by Crippen LogP contribution is -2.43. The van der Waals surface area contributed by atoms with Crippen LogP contribution in [-0.4, -0.2) is 36.9 Å². The SMILES string of the molecule is CC(C)OCCCNC(=O)NC[C@](C)(O)c1ccsc1. The van der Waals surface area contributed by atoms with Crippen molar-refractivity contribution in [1.29, 1.82) is 0 Å². The Balaban J connectivity index is 2.17. The molecule has 1 aromatic heterocycles. The Labute approximate surface area is 124 Å². The van der Waals surface area contributed by atoms with Crippen molar-refractivity contribution in [2.75, 3.05) is 19.7 Å². The van der Waals surface area contributed by atoms with Crippen molar-refractivity contribution in [3.05, 3.63) is 22.4 Å². The van der Waals surface area contributed by atoms with Gasteiger partial charge in [0, 0.05) is 13.2 Å². The van der Waals surface area contributed by atoms with Crippen molar-refractivity contribution in [1.82, 2.24) is 10.6 Å². The highest BCUT2D eigenvalue weighted by molar-refractivity contribution is 7.08. The quantitative estimate of drug-likeness (QED) is 0.644. The fourth-order valence-corrected chi connectivity index (χ4v) is 2.36. The third kappa shape index (κ3) is 6.36. The lowest BCUT2D eigenvalue weighted by atomic mass is 9.99. The van der Waals surface area contributed by atoms with Crippen molar-refractivity contribution in [2.45, 2.75) is 38.9 Å². The largest absolute Gasteiger partial charge is 0.384 e. The highest BCUT2D eigenvalue weighted by atomic mass is 32.1. The van der Waals surface area contributed by atoms with Crippen molar-refractivity contribution in [2.24, 2.45) is 0 Å². The molecule has 0 saturated heterocycles. The van der Waals surface area contributed by atoms with Crippen LogP contribution in [0.2, 0.25) is 0 Å². The summed E-state index contributed by atoms with van der Waals surface area (Å²) >= 11 is 1.52. The Morgan fingerprint density at radius 2 is 2.25 bits per heavy atom. The zero-order valence-electron chi connectivity index (χ0n) is 12.3. The van der Waals surface area contributed by atoms with Gasteiger partial charge in [0.1, 0.15) is 5.60 Å². The number of amides is 2. The number of rotatable bonds is 8. The minimum absolute atomic E-state index is 0.179. The van der Waals surface area contributed by atoms with Crippen LogP contribution in [0.3, 0.4) is 0 Å². The number of thiophene rings is 1. The Morgan fingerprint density at radius 3 is 2.85 bits per heavy atom. The number of carbonyl (C=O) groups excluding carboxylic acids is 1. The van der Waals surface area contributed by atoms with E-state index in [0.29, 0.717) is 13.2 Å². The number of hydrogen-bond donors (Lipinski definition) is 3. The molecule has 0 unspecified atom stereocenters. The fraction of sp³-hybridized carbons (Fsp3) is 0.643. The molecule has 0 aliphatic carbocycles. The minimum atomic E-state index is -1.04. The molecular formula is C14H24N2O3S. The van der Waals surface area contributed by atoms with E-state index in [1.165, 1.54) is 11.3 Å². The highest BCUT2D eigenvalue weighted by Gasteiger charge is 2.23. The van der Waals surface area contributed by atoms with Crippen molar-refractivity contribution < 1.29 is 14.6 Å². The van der Waals surface area contributed by atoms with E-state index in [9.17, 15) is 9.90 Å². The van der Waals surface area contributed by atoms with Gasteiger partial charge in [0.2, 0.25) is 0 Å². The second-order valence-electron chi connectivity index (χ2n) is 5.17. The first-order chi connectivity index (χ1) is 9.42. The number of urea groups is 1. The average Bonchev–Trinajstić information content (AvgIpc) is 2.90. The normalized spacial score (nSPS) is 14.1. The summed E-state index contributed by atoms with van der Waals surface area (Å²) in [4.78, 5) is 11.6. The minimum Gasteiger partial charge on any atom is -0.384 e. The van der Waals surface area contributed by atoms with Gasteiger partial charge in [-0.1, -0.05) is 0 Å². The zero-order chi connectivity index (χ0) is 15.0. The fourth-order valence-electron chi connectivity index (χ4n) is 1.58. The van der Waals surface area contributed by atoms with Crippen molar-refractivity contribution in [3.8, 4) is 0 Å². The molecule has 20 heavy (non-hydrogen) atoms. The van der Waals surface area contributed by atoms with Crippen LogP contribution in [-0.2, 0) is 10.3 Å². The van der Waals surface area contributed by atoms with Gasteiger partial charge < -0.3 is 20.5 Å². The maximum absolute atomic E-state index is 11.6. The van der Waals surface area contributed by atoms with E-state index in [4.69, 9.17) is 4.74 Å². The molecule has 1 aromatic rings. The second-order valence-corrected chi connectivity index (χ2v) is 5.95. The van der Waals surface area contributed by atoms with Crippen LogP contribution in [0.4, 0.5) is 4.79 Å². The molecule has 3 N–H and O–H groups in total. The molecular weight excluding hydrogens is 276 g/mol. The van der Waals surface area contributed by atoms with Gasteiger partial charge in [0.05, 0.1) is 12.6 Å². The standard InChI is InChI=1S/C14H24N2O3S/c1-11(2)19-7-4-6-15-13(17)16-10-14(3,18)12-5-8-20-9-12/h5,8-9,11,18H,4,6-7,10H2,1-3H3,(H2,15,16,17)/t14-/m0/s1. The van der Waals surface area contributed by atoms with E-state index in [1.54, 1.807) is 6.92 Å². The van der Waals surface area contributed by atoms with Crippen molar-refractivity contribution >= 4 is 17.4 Å². The molecule has 0 aromatic carbocycles. The molecule has 5 nitrogen and oxygen atoms in total. The van der Waals surface area contributed by atoms with Crippen molar-refractivity contribution in [3.63, 3.8) is 0 Å². The third-order valence-electron chi connectivity index (χ3n) is 2.79. The molecule has 0 bridgehead atoms. The van der Waals surface area contributed by atoms with E-state index in [1.807, 2.05) is 30.7 Å². The Morgan fingerprint density at radius 1 is 1.50 bits per heavy atom. The maximum Gasteiger partial charge on any atom is 0.314 e. The number of nitrogens with one attached hydrogen (secondary N) is 2. The summed E-state index contributed by atoms with van der Waals surface area (Å²) in [7, 11) is 0. The second kappa shape index (κ2) is 8.24. The first kappa shape index (κ1) is 16.9. The van der Waals surface area contributed by atoms with Gasteiger partial charge in [-0.05, 0) is 49.6 Å². The van der Waals surface area contributed by atoms with Crippen LogP contribution in [0.1, 0.15) is 32.8 Å². The van der Waals surface area contributed by atoms with E-state index in [2.05, 4.69) is 10.6 Å². The molecule has 0 aliphatic heterocycles. The predicted octanol–water partition coefficient (Wildman–Crippen LogP) is 2.07. The van der Waals surface area contributed by atoms with Gasteiger partial charge in [-0.25, -0.2) is 4.79 Å². The van der Waals surface area contributed by atoms with Gasteiger partial charge in [0.15, 0.2) is 0 Å². The molecule has 0 aliphatic rings. The zero-order valence-corrected chi connectivity index (χ0v) is 13.1. The van der Waals surface area contributed by atoms with Crippen LogP contribution < -0.4 is 10.6 Å². The van der Waals surface area contributed by atoms with Gasteiger partial charge >= 0.3 is 6.03 Å². The Bertz CT molecular complexity index is 391. The highest BCUT2D eigenvalue weighted by Crippen LogP contribution is 2.21. The number of ether oxygens (including phenoxy) is 1. The predicted molar refractivity (Wildman–Crippen MR) is 81.0 cm³/mol. The number of hydrogen-bond acceptors (Lipinski definition) is 4. The Kier molecular flexibility index (Phi) is 6.98. The molecule has 0 spiro atoms. The molecule has 0 fully saturated rings. The van der Waals surface area contributed by atoms with Crippen LogP contribution >= 0.6 is 11.3 Å². The molecule has 0 radical (unpaired) electrons. The maximum atomic E-state index is 11.6. The van der Waals surface area contributed by atoms with Crippen LogP contribution in [0.5, 0.6) is 0 Å². The Hall–Kier alpha value is -1.11. The van der Waals surface area contributed by atoms with Crippen LogP contribution in [0.25, 0.3) is 0 Å². The summed E-state index contributed by atoms with van der Waals surface area (Å²) in [5.41, 5.74) is -0.230. The summed E-state index contributed by atoms with van der Waals surface area (Å²) in [6.45, 7) is 7.01. The molecule has 1 heterocycles. The van der Waals surface area contributed by atoms with E-state index in [-0.39, 0.29) is 18.7 Å². The van der Waals surface area contributed by atoms with E-state index in [0.717, 1.165) is 12.0 Å². The molecule has 6 heteroatoms. The topological polar surface area (TPSA) is 70.6 Å². The van der Waals surface area contributed by atoms with Crippen LogP contribution in [0, 0.1) is 0 Å². The number of carbonyl (C=O) groups is 1. The summed E-state index contributed by atoms with van der Waals surface area (Å²) in [6.07, 6.45) is 0.983. The van der Waals surface area contributed by atoms with E-state index < -0.39 is 5.60 Å². The molecule has 2 amide bonds. The number of aliphatic hydroxyl groups is 1. The summed E-state index contributed by atoms with van der Waals surface area (Å²) in [6, 6.07) is 1.58. The van der Waals surface area contributed by atoms with Gasteiger partial charge in [0.25, 0.3) is 0 Å². The molecule has 1 rings (SSSR count). The average molecular weight is 300 g/mol. The van der Waals surface area contributed by atoms with Gasteiger partial charge in [-0.2, -0.15) is 11.3 Å².